The van der Waals surface area contributed by atoms with Gasteiger partial charge >= 0.3 is 5.97 Å². The van der Waals surface area contributed by atoms with E-state index in [-0.39, 0.29) is 0 Å². The van der Waals surface area contributed by atoms with E-state index in [9.17, 15) is 4.79 Å². The van der Waals surface area contributed by atoms with Crippen LogP contribution in [0, 0.1) is 0 Å². The predicted octanol–water partition coefficient (Wildman–Crippen LogP) is 0.380. The minimum atomic E-state index is -0.696. The predicted molar refractivity (Wildman–Crippen MR) is 45.2 cm³/mol. The number of ether oxygens (including phenoxy) is 1. The molecule has 0 saturated carbocycles. The molecule has 0 aliphatic carbocycles. The zero-order chi connectivity index (χ0) is 9.72. The molecule has 0 saturated heterocycles. The third-order valence-corrected chi connectivity index (χ3v) is 1.11. The van der Waals surface area contributed by atoms with Crippen LogP contribution in [0.25, 0.3) is 0 Å². The number of esters is 1. The molecule has 2 N–H and O–H groups in total. The number of hydrogen-bond acceptors (Lipinski definition) is 4. The minimum Gasteiger partial charge on any atom is -0.443 e. The standard InChI is InChI=1S/C8H15NO3/c1-5(2)8(11)12-7(4)9-6(3)10/h6-7,9-10H,1H2,2-4H3. The van der Waals surface area contributed by atoms with Gasteiger partial charge in [0.15, 0.2) is 6.23 Å². The van der Waals surface area contributed by atoms with Gasteiger partial charge in [-0.2, -0.15) is 0 Å². The van der Waals surface area contributed by atoms with E-state index in [4.69, 9.17) is 9.84 Å². The summed E-state index contributed by atoms with van der Waals surface area (Å²) in [5.74, 6) is -0.462. The number of aliphatic hydroxyl groups excluding tert-OH is 1. The number of rotatable bonds is 4. The average molecular weight is 173 g/mol. The van der Waals surface area contributed by atoms with Crippen molar-refractivity contribution in [1.29, 1.82) is 0 Å². The lowest BCUT2D eigenvalue weighted by atomic mass is 10.4. The van der Waals surface area contributed by atoms with Crippen molar-refractivity contribution in [1.82, 2.24) is 5.32 Å². The van der Waals surface area contributed by atoms with E-state index in [0.29, 0.717) is 5.57 Å². The Morgan fingerprint density at radius 3 is 2.42 bits per heavy atom. The molecule has 0 spiro atoms. The van der Waals surface area contributed by atoms with Crippen molar-refractivity contribution >= 4 is 5.97 Å². The molecular formula is C8H15NO3. The highest BCUT2D eigenvalue weighted by atomic mass is 16.6. The Balaban J connectivity index is 3.76. The van der Waals surface area contributed by atoms with E-state index in [0.717, 1.165) is 0 Å². The quantitative estimate of drug-likeness (QED) is 0.366. The molecule has 0 amide bonds. The van der Waals surface area contributed by atoms with Gasteiger partial charge in [-0.25, -0.2) is 4.79 Å². The van der Waals surface area contributed by atoms with Gasteiger partial charge in [-0.05, 0) is 20.8 Å². The second kappa shape index (κ2) is 4.90. The minimum absolute atomic E-state index is 0.342. The summed E-state index contributed by atoms with van der Waals surface area (Å²) in [7, 11) is 0. The molecular weight excluding hydrogens is 158 g/mol. The van der Waals surface area contributed by atoms with Crippen LogP contribution in [0.4, 0.5) is 0 Å². The molecule has 0 aromatic carbocycles. The van der Waals surface area contributed by atoms with Crippen molar-refractivity contribution in [3.05, 3.63) is 12.2 Å². The smallest absolute Gasteiger partial charge is 0.334 e. The first kappa shape index (κ1) is 11.1. The van der Waals surface area contributed by atoms with Gasteiger partial charge in [0.1, 0.15) is 6.23 Å². The van der Waals surface area contributed by atoms with Gasteiger partial charge in [0.2, 0.25) is 0 Å². The average Bonchev–Trinajstić information content (AvgIpc) is 1.84. The topological polar surface area (TPSA) is 58.6 Å². The highest BCUT2D eigenvalue weighted by molar-refractivity contribution is 5.87. The van der Waals surface area contributed by atoms with Crippen LogP contribution >= 0.6 is 0 Å². The Labute approximate surface area is 72.2 Å². The van der Waals surface area contributed by atoms with Crippen LogP contribution in [0.1, 0.15) is 20.8 Å². The first-order chi connectivity index (χ1) is 5.43. The van der Waals surface area contributed by atoms with Crippen molar-refractivity contribution in [2.75, 3.05) is 0 Å². The summed E-state index contributed by atoms with van der Waals surface area (Å²) < 4.78 is 4.81. The van der Waals surface area contributed by atoms with Crippen LogP contribution in [0.15, 0.2) is 12.2 Å². The van der Waals surface area contributed by atoms with Crippen molar-refractivity contribution in [2.24, 2.45) is 0 Å². The largest absolute Gasteiger partial charge is 0.443 e. The maximum Gasteiger partial charge on any atom is 0.334 e. The normalized spacial score (nSPS) is 15.0. The lowest BCUT2D eigenvalue weighted by Crippen LogP contribution is -2.37. The Morgan fingerprint density at radius 1 is 1.58 bits per heavy atom. The van der Waals surface area contributed by atoms with Crippen LogP contribution in [-0.2, 0) is 9.53 Å². The summed E-state index contributed by atoms with van der Waals surface area (Å²) in [4.78, 5) is 10.9. The lowest BCUT2D eigenvalue weighted by Gasteiger charge is -2.16. The summed E-state index contributed by atoms with van der Waals surface area (Å²) in [6.07, 6.45) is -1.20. The van der Waals surface area contributed by atoms with Crippen LogP contribution in [0.5, 0.6) is 0 Å². The van der Waals surface area contributed by atoms with Gasteiger partial charge < -0.3 is 9.84 Å². The van der Waals surface area contributed by atoms with Crippen LogP contribution < -0.4 is 5.32 Å². The molecule has 4 nitrogen and oxygen atoms in total. The van der Waals surface area contributed by atoms with E-state index in [1.165, 1.54) is 0 Å². The number of carbonyl (C=O) groups excluding carboxylic acids is 1. The van der Waals surface area contributed by atoms with Crippen molar-refractivity contribution in [3.63, 3.8) is 0 Å². The maximum absolute atomic E-state index is 10.9. The third-order valence-electron chi connectivity index (χ3n) is 1.11. The van der Waals surface area contributed by atoms with Crippen molar-refractivity contribution in [2.45, 2.75) is 33.2 Å². The van der Waals surface area contributed by atoms with Gasteiger partial charge in [0, 0.05) is 5.57 Å². The molecule has 0 aliphatic rings. The van der Waals surface area contributed by atoms with E-state index in [1.807, 2.05) is 0 Å². The van der Waals surface area contributed by atoms with Gasteiger partial charge in [0.25, 0.3) is 0 Å². The molecule has 2 atom stereocenters. The molecule has 70 valence electrons. The van der Waals surface area contributed by atoms with Crippen molar-refractivity contribution in [3.8, 4) is 0 Å². The Morgan fingerprint density at radius 2 is 2.08 bits per heavy atom. The fraction of sp³-hybridized carbons (Fsp3) is 0.625. The Bertz CT molecular complexity index is 177. The zero-order valence-corrected chi connectivity index (χ0v) is 7.63. The molecule has 4 heteroatoms. The molecule has 0 aliphatic heterocycles. The summed E-state index contributed by atoms with van der Waals surface area (Å²) in [5, 5.41) is 11.4. The molecule has 0 aromatic heterocycles. The van der Waals surface area contributed by atoms with E-state index in [2.05, 4.69) is 11.9 Å². The van der Waals surface area contributed by atoms with Gasteiger partial charge in [-0.15, -0.1) is 0 Å². The molecule has 0 heterocycles. The highest BCUT2D eigenvalue weighted by Crippen LogP contribution is 1.95. The fourth-order valence-corrected chi connectivity index (χ4v) is 0.635. The summed E-state index contributed by atoms with van der Waals surface area (Å²) in [6, 6.07) is 0. The van der Waals surface area contributed by atoms with E-state index in [1.54, 1.807) is 20.8 Å². The number of aliphatic hydroxyl groups is 1. The van der Waals surface area contributed by atoms with Crippen LogP contribution in [0.3, 0.4) is 0 Å². The molecule has 12 heavy (non-hydrogen) atoms. The number of nitrogens with one attached hydrogen (secondary N) is 1. The molecule has 0 radical (unpaired) electrons. The molecule has 0 fully saturated rings. The number of hydrogen-bond donors (Lipinski definition) is 2. The van der Waals surface area contributed by atoms with Crippen molar-refractivity contribution < 1.29 is 14.6 Å². The summed E-state index contributed by atoms with van der Waals surface area (Å²) in [6.45, 7) is 8.17. The van der Waals surface area contributed by atoms with Crippen LogP contribution in [0.2, 0.25) is 0 Å². The zero-order valence-electron chi connectivity index (χ0n) is 7.63. The Hall–Kier alpha value is -0.870. The summed E-state index contributed by atoms with van der Waals surface area (Å²) >= 11 is 0. The second-order valence-electron chi connectivity index (χ2n) is 2.67. The molecule has 0 rings (SSSR count). The monoisotopic (exact) mass is 173 g/mol. The SMILES string of the molecule is C=C(C)C(=O)OC(C)NC(C)O. The Kier molecular flexibility index (Phi) is 4.54. The van der Waals surface area contributed by atoms with Crippen LogP contribution in [-0.4, -0.2) is 23.5 Å². The fourth-order valence-electron chi connectivity index (χ4n) is 0.635. The highest BCUT2D eigenvalue weighted by Gasteiger charge is 2.10. The van der Waals surface area contributed by atoms with E-state index >= 15 is 0 Å². The second-order valence-corrected chi connectivity index (χ2v) is 2.67. The molecule has 2 unspecified atom stereocenters. The number of carbonyl (C=O) groups is 1. The molecule has 0 bridgehead atoms. The molecule has 0 aromatic rings. The summed E-state index contributed by atoms with van der Waals surface area (Å²) in [5.41, 5.74) is 0.342. The van der Waals surface area contributed by atoms with Gasteiger partial charge in [0.05, 0.1) is 0 Å². The van der Waals surface area contributed by atoms with Gasteiger partial charge in [-0.3, -0.25) is 5.32 Å². The van der Waals surface area contributed by atoms with E-state index < -0.39 is 18.4 Å². The maximum atomic E-state index is 10.9. The first-order valence-electron chi connectivity index (χ1n) is 3.74. The third kappa shape index (κ3) is 4.87. The van der Waals surface area contributed by atoms with Gasteiger partial charge in [-0.1, -0.05) is 6.58 Å². The lowest BCUT2D eigenvalue weighted by molar-refractivity contribution is -0.146. The first-order valence-corrected chi connectivity index (χ1v) is 3.74.